The second-order valence-corrected chi connectivity index (χ2v) is 28.0. The Kier molecular flexibility index (Phi) is 8.89. The summed E-state index contributed by atoms with van der Waals surface area (Å²) >= 11 is 7.69. The molecule has 0 spiro atoms. The Morgan fingerprint density at radius 1 is 0.488 bits per heavy atom. The Morgan fingerprint density at radius 2 is 0.951 bits per heavy atom. The normalized spacial score (nSPS) is 16.7. The number of halogens is 1. The second-order valence-electron chi connectivity index (χ2n) is 9.38. The van der Waals surface area contributed by atoms with Gasteiger partial charge in [-0.25, -0.2) is 0 Å². The van der Waals surface area contributed by atoms with Gasteiger partial charge in [0.25, 0.3) is 0 Å². The first-order valence-electron chi connectivity index (χ1n) is 12.7. The van der Waals surface area contributed by atoms with Gasteiger partial charge in [0.05, 0.1) is 0 Å². The van der Waals surface area contributed by atoms with Crippen LogP contribution in [0.1, 0.15) is 10.9 Å². The zero-order valence-electron chi connectivity index (χ0n) is 21.2. The van der Waals surface area contributed by atoms with Crippen molar-refractivity contribution in [1.29, 1.82) is 0 Å². The summed E-state index contributed by atoms with van der Waals surface area (Å²) < 4.78 is 11.6. The molecule has 8 rings (SSSR count). The maximum absolute atomic E-state index is 4.23. The van der Waals surface area contributed by atoms with Gasteiger partial charge in [0.2, 0.25) is 0 Å². The first-order valence-corrected chi connectivity index (χ1v) is 28.3. The average molecular weight is 1120 g/mol. The van der Waals surface area contributed by atoms with Crippen LogP contribution in [0.4, 0.5) is 0 Å². The molecule has 8 heterocycles. The number of hydrogen-bond acceptors (Lipinski definition) is 0. The molecule has 1 atom stereocenters. The van der Waals surface area contributed by atoms with E-state index in [1.165, 1.54) is 5.56 Å². The molecule has 0 saturated carbocycles. The zero-order chi connectivity index (χ0) is 27.4. The van der Waals surface area contributed by atoms with Crippen molar-refractivity contribution in [3.63, 3.8) is 0 Å². The van der Waals surface area contributed by atoms with Crippen LogP contribution in [-0.4, -0.2) is 116 Å². The Balaban J connectivity index is 1.21. The minimum absolute atomic E-state index is 0.205. The van der Waals surface area contributed by atoms with E-state index < -0.39 is 0 Å². The van der Waals surface area contributed by atoms with Crippen molar-refractivity contribution in [3.8, 4) is 60.0 Å². The molecule has 0 amide bonds. The summed E-state index contributed by atoms with van der Waals surface area (Å²) in [6.45, 7) is 0. The molecule has 9 heteroatoms. The molecular formula is C32H19BrSe8. The van der Waals surface area contributed by atoms with Crippen molar-refractivity contribution >= 4 is 132 Å². The molecule has 0 nitrogen and oxygen atoms in total. The first-order chi connectivity index (χ1) is 20.2. The van der Waals surface area contributed by atoms with Gasteiger partial charge in [-0.1, -0.05) is 0 Å². The van der Waals surface area contributed by atoms with Gasteiger partial charge in [-0.05, 0) is 0 Å². The van der Waals surface area contributed by atoms with Gasteiger partial charge in [0.15, 0.2) is 0 Å². The van der Waals surface area contributed by atoms with E-state index in [1.807, 2.05) is 0 Å². The number of alkyl halides is 1. The van der Waals surface area contributed by atoms with Crippen LogP contribution in [0.15, 0.2) is 94.2 Å². The van der Waals surface area contributed by atoms with E-state index in [0.717, 1.165) is 6.42 Å². The standard InChI is InChI=1S/C32H19BrSe8/c33-32(10-2-12-41-32)31-24(9-18-40-31)30-23(8-17-39-30)29-22(7-16-38-29)28-21(6-15-37-28)27-20(5-14-36-27)26-19(4-13-35-26)25-3-1-11-34-25/h1-9,11-18H,10H2. The molecule has 7 aromatic rings. The number of hydrogen-bond donors (Lipinski definition) is 0. The van der Waals surface area contributed by atoms with Crippen molar-refractivity contribution in [2.75, 3.05) is 0 Å². The van der Waals surface area contributed by atoms with Gasteiger partial charge >= 0.3 is 301 Å². The fourth-order valence-electron chi connectivity index (χ4n) is 5.26. The molecule has 0 aromatic carbocycles. The topological polar surface area (TPSA) is 0 Å². The summed E-state index contributed by atoms with van der Waals surface area (Å²) in [6.07, 6.45) is 3.54. The fraction of sp³-hybridized carbons (Fsp3) is 0.0625. The molecule has 0 radical (unpaired) electrons. The van der Waals surface area contributed by atoms with Crippen LogP contribution in [0.5, 0.6) is 0 Å². The van der Waals surface area contributed by atoms with Crippen LogP contribution in [0.2, 0.25) is 0 Å². The maximum atomic E-state index is 4.23. The van der Waals surface area contributed by atoms with Gasteiger partial charge in [0, 0.05) is 0 Å². The Labute approximate surface area is 296 Å². The summed E-state index contributed by atoms with van der Waals surface area (Å²) in [5, 5.41) is 0. The SMILES string of the molecule is BrC1(c2[se]ccc2-c2[se]ccc2-c2[se]ccc2-c2[se]ccc2-c2[se]ccc2-c2[se]ccc2-c2ccc[se]2)CC=C[Se]1. The molecule has 0 fully saturated rings. The molecule has 0 saturated heterocycles. The van der Waals surface area contributed by atoms with Gasteiger partial charge in [-0.2, -0.15) is 0 Å². The molecule has 7 aromatic heterocycles. The third-order valence-electron chi connectivity index (χ3n) is 7.07. The van der Waals surface area contributed by atoms with Crippen LogP contribution < -0.4 is 0 Å². The van der Waals surface area contributed by atoms with Crippen LogP contribution in [-0.2, 0) is 3.22 Å². The fourth-order valence-corrected chi connectivity index (χ4v) is 24.7. The van der Waals surface area contributed by atoms with Crippen LogP contribution in [0.3, 0.4) is 0 Å². The van der Waals surface area contributed by atoms with Crippen molar-refractivity contribution in [1.82, 2.24) is 0 Å². The number of allylic oxidation sites excluding steroid dienone is 1. The monoisotopic (exact) mass is 1120 g/mol. The summed E-state index contributed by atoms with van der Waals surface area (Å²) in [5.41, 5.74) is 9.31. The van der Waals surface area contributed by atoms with E-state index in [-0.39, 0.29) is 3.22 Å². The molecule has 202 valence electrons. The molecule has 0 N–H and O–H groups in total. The summed E-state index contributed by atoms with van der Waals surface area (Å²) in [5.74, 6) is 0. The molecule has 1 unspecified atom stereocenters. The van der Waals surface area contributed by atoms with Crippen LogP contribution in [0, 0.1) is 0 Å². The molecule has 1 aliphatic rings. The second kappa shape index (κ2) is 12.5. The van der Waals surface area contributed by atoms with E-state index in [1.54, 1.807) is 58.9 Å². The van der Waals surface area contributed by atoms with E-state index in [2.05, 4.69) is 110 Å². The van der Waals surface area contributed by atoms with Crippen molar-refractivity contribution in [2.45, 2.75) is 9.64 Å². The van der Waals surface area contributed by atoms with E-state index >= 15 is 0 Å². The Morgan fingerprint density at radius 3 is 1.44 bits per heavy atom. The van der Waals surface area contributed by atoms with Gasteiger partial charge in [-0.15, -0.1) is 0 Å². The van der Waals surface area contributed by atoms with Crippen LogP contribution in [0.25, 0.3) is 60.0 Å². The Hall–Kier alpha value is 0.736. The van der Waals surface area contributed by atoms with Crippen molar-refractivity contribution < 1.29 is 0 Å². The molecular weight excluding hydrogens is 1100 g/mol. The predicted octanol–water partition coefficient (Wildman–Crippen LogP) is 6.26. The number of rotatable bonds is 7. The minimum atomic E-state index is 0.205. The summed E-state index contributed by atoms with van der Waals surface area (Å²) in [7, 11) is 0. The van der Waals surface area contributed by atoms with Crippen molar-refractivity contribution in [2.24, 2.45) is 0 Å². The van der Waals surface area contributed by atoms with Gasteiger partial charge < -0.3 is 0 Å². The average Bonchev–Trinajstić information content (AvgIpc) is 3.84. The van der Waals surface area contributed by atoms with E-state index in [4.69, 9.17) is 0 Å². The summed E-state index contributed by atoms with van der Waals surface area (Å²) in [6, 6.07) is 19.4. The van der Waals surface area contributed by atoms with Crippen LogP contribution >= 0.6 is 15.9 Å². The molecule has 0 aliphatic carbocycles. The molecule has 41 heavy (non-hydrogen) atoms. The summed E-state index contributed by atoms with van der Waals surface area (Å²) in [4.78, 5) is 19.6. The third-order valence-corrected chi connectivity index (χ3v) is 26.4. The third kappa shape index (κ3) is 5.37. The Bertz CT molecular complexity index is 1970. The molecule has 0 bridgehead atoms. The van der Waals surface area contributed by atoms with Gasteiger partial charge in [-0.3, -0.25) is 0 Å². The predicted molar refractivity (Wildman–Crippen MR) is 188 cm³/mol. The van der Waals surface area contributed by atoms with E-state index in [9.17, 15) is 0 Å². The quantitative estimate of drug-likeness (QED) is 0.131. The van der Waals surface area contributed by atoms with E-state index in [0.29, 0.717) is 116 Å². The van der Waals surface area contributed by atoms with Crippen molar-refractivity contribution in [3.05, 3.63) is 98.6 Å². The molecule has 1 aliphatic heterocycles. The zero-order valence-corrected chi connectivity index (χ0v) is 36.5. The van der Waals surface area contributed by atoms with Gasteiger partial charge in [0.1, 0.15) is 0 Å². The first kappa shape index (κ1) is 29.2.